The van der Waals surface area contributed by atoms with Crippen LogP contribution in [0.25, 0.3) is 0 Å². The van der Waals surface area contributed by atoms with Gasteiger partial charge in [-0.3, -0.25) is 20.4 Å². The summed E-state index contributed by atoms with van der Waals surface area (Å²) in [6.45, 7) is 4.91. The molecule has 11 heavy (non-hydrogen) atoms. The van der Waals surface area contributed by atoms with E-state index in [4.69, 9.17) is 0 Å². The van der Waals surface area contributed by atoms with Crippen molar-refractivity contribution in [3.8, 4) is 0 Å². The molecule has 0 saturated carbocycles. The molecule has 0 aliphatic heterocycles. The smallest absolute Gasteiger partial charge is 0.262 e. The monoisotopic (exact) mass is 154 g/mol. The predicted molar refractivity (Wildman–Crippen MR) is 41.3 cm³/mol. The van der Waals surface area contributed by atoms with E-state index in [9.17, 15) is 9.59 Å². The Morgan fingerprint density at radius 2 is 1.82 bits per heavy atom. The molecule has 2 amide bonds. The first kappa shape index (κ1) is 9.42. The van der Waals surface area contributed by atoms with E-state index in [1.54, 1.807) is 13.0 Å². The first-order valence-corrected chi connectivity index (χ1v) is 3.05. The van der Waals surface area contributed by atoms with E-state index >= 15 is 0 Å². The Hall–Kier alpha value is -1.58. The van der Waals surface area contributed by atoms with Crippen LogP contribution in [0, 0.1) is 0 Å². The second-order valence-electron chi connectivity index (χ2n) is 1.68. The first-order chi connectivity index (χ1) is 5.20. The van der Waals surface area contributed by atoms with Gasteiger partial charge in [0.25, 0.3) is 11.8 Å². The topological polar surface area (TPSA) is 58.2 Å². The van der Waals surface area contributed by atoms with E-state index in [0.29, 0.717) is 0 Å². The number of carbonyl (C=O) groups is 2. The molecule has 0 aromatic heterocycles. The summed E-state index contributed by atoms with van der Waals surface area (Å²) in [6.07, 6.45) is 3.93. The van der Waals surface area contributed by atoms with Crippen molar-refractivity contribution in [2.75, 3.05) is 0 Å². The van der Waals surface area contributed by atoms with Crippen LogP contribution in [0.2, 0.25) is 0 Å². The third-order valence-electron chi connectivity index (χ3n) is 0.812. The molecule has 60 valence electrons. The van der Waals surface area contributed by atoms with E-state index in [-0.39, 0.29) is 5.91 Å². The Bertz CT molecular complexity index is 197. The minimum absolute atomic E-state index is 0.372. The normalized spacial score (nSPS) is 9.18. The van der Waals surface area contributed by atoms with Crippen molar-refractivity contribution in [3.05, 3.63) is 24.8 Å². The highest BCUT2D eigenvalue weighted by molar-refractivity contribution is 5.92. The quantitative estimate of drug-likeness (QED) is 0.431. The van der Waals surface area contributed by atoms with Gasteiger partial charge in [0.2, 0.25) is 0 Å². The van der Waals surface area contributed by atoms with Gasteiger partial charge in [0, 0.05) is 6.08 Å². The summed E-state index contributed by atoms with van der Waals surface area (Å²) < 4.78 is 0. The molecule has 0 aliphatic carbocycles. The lowest BCUT2D eigenvalue weighted by Crippen LogP contribution is -2.39. The zero-order chi connectivity index (χ0) is 8.69. The lowest BCUT2D eigenvalue weighted by atomic mass is 10.5. The van der Waals surface area contributed by atoms with Crippen molar-refractivity contribution in [1.29, 1.82) is 0 Å². The third-order valence-corrected chi connectivity index (χ3v) is 0.812. The Morgan fingerprint density at radius 3 is 2.27 bits per heavy atom. The van der Waals surface area contributed by atoms with Gasteiger partial charge in [-0.2, -0.15) is 0 Å². The number of hydrogen-bond acceptors (Lipinski definition) is 2. The molecular weight excluding hydrogens is 144 g/mol. The first-order valence-electron chi connectivity index (χ1n) is 3.05. The molecular formula is C7H10N2O2. The van der Waals surface area contributed by atoms with Crippen molar-refractivity contribution in [1.82, 2.24) is 10.9 Å². The number of hydrazine groups is 1. The molecule has 0 bridgehead atoms. The molecule has 2 N–H and O–H groups in total. The number of carbonyl (C=O) groups excluding carboxylic acids is 2. The van der Waals surface area contributed by atoms with Crippen LogP contribution in [0.4, 0.5) is 0 Å². The summed E-state index contributed by atoms with van der Waals surface area (Å²) in [6, 6.07) is 0. The number of allylic oxidation sites excluding steroid dienone is 1. The van der Waals surface area contributed by atoms with E-state index < -0.39 is 5.91 Å². The summed E-state index contributed by atoms with van der Waals surface area (Å²) in [4.78, 5) is 21.1. The fourth-order valence-electron chi connectivity index (χ4n) is 0.367. The van der Waals surface area contributed by atoms with Gasteiger partial charge in [0.05, 0.1) is 0 Å². The third kappa shape index (κ3) is 4.90. The number of nitrogens with one attached hydrogen (secondary N) is 2. The van der Waals surface area contributed by atoms with Gasteiger partial charge in [0.1, 0.15) is 0 Å². The SMILES string of the molecule is C=CC(=O)NNC(=O)C=CC. The maximum atomic E-state index is 10.6. The summed E-state index contributed by atoms with van der Waals surface area (Å²) in [7, 11) is 0. The van der Waals surface area contributed by atoms with Crippen molar-refractivity contribution in [3.63, 3.8) is 0 Å². The fraction of sp³-hybridized carbons (Fsp3) is 0.143. The molecule has 0 aromatic rings. The van der Waals surface area contributed by atoms with Gasteiger partial charge in [0.15, 0.2) is 0 Å². The van der Waals surface area contributed by atoms with Crippen LogP contribution in [0.1, 0.15) is 6.92 Å². The van der Waals surface area contributed by atoms with E-state index in [1.165, 1.54) is 6.08 Å². The van der Waals surface area contributed by atoms with Gasteiger partial charge in [-0.1, -0.05) is 12.7 Å². The van der Waals surface area contributed by atoms with Gasteiger partial charge in [-0.05, 0) is 13.0 Å². The van der Waals surface area contributed by atoms with Crippen LogP contribution < -0.4 is 10.9 Å². The van der Waals surface area contributed by atoms with Crippen molar-refractivity contribution in [2.24, 2.45) is 0 Å². The van der Waals surface area contributed by atoms with Crippen LogP contribution >= 0.6 is 0 Å². The number of hydrogen-bond donors (Lipinski definition) is 2. The second-order valence-corrected chi connectivity index (χ2v) is 1.68. The van der Waals surface area contributed by atoms with Gasteiger partial charge in [-0.25, -0.2) is 0 Å². The molecule has 0 atom stereocenters. The zero-order valence-corrected chi connectivity index (χ0v) is 6.26. The summed E-state index contributed by atoms with van der Waals surface area (Å²) in [5.41, 5.74) is 4.25. The number of rotatable bonds is 2. The van der Waals surface area contributed by atoms with E-state index in [2.05, 4.69) is 17.4 Å². The molecule has 0 aliphatic rings. The Kier molecular flexibility index (Phi) is 4.47. The molecule has 0 heterocycles. The van der Waals surface area contributed by atoms with E-state index in [0.717, 1.165) is 6.08 Å². The molecule has 0 aromatic carbocycles. The highest BCUT2D eigenvalue weighted by Gasteiger charge is 1.94. The molecule has 0 saturated heterocycles. The Balaban J connectivity index is 3.62. The highest BCUT2D eigenvalue weighted by Crippen LogP contribution is 1.69. The minimum Gasteiger partial charge on any atom is -0.268 e. The average Bonchev–Trinajstić information content (AvgIpc) is 2.01. The molecule has 4 nitrogen and oxygen atoms in total. The maximum absolute atomic E-state index is 10.6. The fourth-order valence-corrected chi connectivity index (χ4v) is 0.367. The second kappa shape index (κ2) is 5.22. The van der Waals surface area contributed by atoms with Crippen molar-refractivity contribution >= 4 is 11.8 Å². The Labute approximate surface area is 64.9 Å². The Morgan fingerprint density at radius 1 is 1.27 bits per heavy atom. The molecule has 0 radical (unpaired) electrons. The largest absolute Gasteiger partial charge is 0.268 e. The lowest BCUT2D eigenvalue weighted by Gasteiger charge is -1.99. The van der Waals surface area contributed by atoms with Crippen molar-refractivity contribution in [2.45, 2.75) is 6.92 Å². The predicted octanol–water partition coefficient (Wildman–Crippen LogP) is -0.104. The molecule has 0 rings (SSSR count). The highest BCUT2D eigenvalue weighted by atomic mass is 16.2. The van der Waals surface area contributed by atoms with Crippen LogP contribution in [0.3, 0.4) is 0 Å². The van der Waals surface area contributed by atoms with Crippen LogP contribution in [-0.4, -0.2) is 11.8 Å². The molecule has 4 heteroatoms. The van der Waals surface area contributed by atoms with E-state index in [1.807, 2.05) is 0 Å². The van der Waals surface area contributed by atoms with Gasteiger partial charge >= 0.3 is 0 Å². The van der Waals surface area contributed by atoms with Crippen LogP contribution in [0.5, 0.6) is 0 Å². The standard InChI is InChI=1S/C7H10N2O2/c1-3-5-7(11)9-8-6(10)4-2/h3-5H,2H2,1H3,(H,8,10)(H,9,11). The summed E-state index contributed by atoms with van der Waals surface area (Å²) in [5, 5.41) is 0. The van der Waals surface area contributed by atoms with Crippen molar-refractivity contribution < 1.29 is 9.59 Å². The molecule has 0 unspecified atom stereocenters. The minimum atomic E-state index is -0.442. The maximum Gasteiger partial charge on any atom is 0.262 e. The molecule has 0 spiro atoms. The lowest BCUT2D eigenvalue weighted by molar-refractivity contribution is -0.123. The zero-order valence-electron chi connectivity index (χ0n) is 6.26. The van der Waals surface area contributed by atoms with Gasteiger partial charge < -0.3 is 0 Å². The number of amides is 2. The summed E-state index contributed by atoms with van der Waals surface area (Å²) in [5.74, 6) is -0.814. The average molecular weight is 154 g/mol. The summed E-state index contributed by atoms with van der Waals surface area (Å²) >= 11 is 0. The van der Waals surface area contributed by atoms with Gasteiger partial charge in [-0.15, -0.1) is 0 Å². The van der Waals surface area contributed by atoms with Crippen LogP contribution in [-0.2, 0) is 9.59 Å². The molecule has 0 fully saturated rings. The van der Waals surface area contributed by atoms with Crippen LogP contribution in [0.15, 0.2) is 24.8 Å².